The second-order valence-corrected chi connectivity index (χ2v) is 17.1. The highest BCUT2D eigenvalue weighted by Crippen LogP contribution is 2.19. The van der Waals surface area contributed by atoms with Crippen LogP contribution in [0.25, 0.3) is 0 Å². The van der Waals surface area contributed by atoms with Gasteiger partial charge in [-0.3, -0.25) is 62.7 Å². The first-order valence-electron chi connectivity index (χ1n) is 23.1. The third kappa shape index (κ3) is 24.2. The molecule has 0 aromatic heterocycles. The summed E-state index contributed by atoms with van der Waals surface area (Å²) >= 11 is 0. The van der Waals surface area contributed by atoms with E-state index in [0.29, 0.717) is 6.42 Å². The Morgan fingerprint density at radius 2 is 1.11 bits per heavy atom. The normalized spacial score (nSPS) is 15.7. The number of aliphatic hydroxyl groups excluding tert-OH is 1. The van der Waals surface area contributed by atoms with Crippen molar-refractivity contribution in [3.8, 4) is 0 Å². The number of carbonyl (C=O) groups is 12. The molecule has 1 aliphatic rings. The molecule has 73 heavy (non-hydrogen) atoms. The highest BCUT2D eigenvalue weighted by atomic mass is 16.4. The van der Waals surface area contributed by atoms with Crippen LogP contribution in [0.4, 0.5) is 0 Å². The number of amides is 11. The highest BCUT2D eigenvalue weighted by Gasteiger charge is 2.39. The van der Waals surface area contributed by atoms with E-state index in [1.54, 1.807) is 13.8 Å². The van der Waals surface area contributed by atoms with Crippen LogP contribution in [0, 0.1) is 5.92 Å². The zero-order chi connectivity index (χ0) is 55.5. The van der Waals surface area contributed by atoms with Crippen LogP contribution in [0.3, 0.4) is 0 Å². The molecule has 11 amide bonds. The van der Waals surface area contributed by atoms with Crippen molar-refractivity contribution in [1.82, 2.24) is 52.8 Å². The number of likely N-dealkylation sites (tertiary alicyclic amines) is 1. The SMILES string of the molecule is CC(C)[C@H](NC(=O)CNC(=O)CNC(=O)[C@@H](NC(=O)CN)[C@@H](C)O)C(=O)NCC(=O)N[C@@H](CC(N)=O)C(=O)N[C@@H](CCCN=C(N)N)C(=O)N[C@@H](C)C(=O)N1CCC[C@H]1C(=O)N[C@@H](CCCN=C(N)N)C(=O)O. The van der Waals surface area contributed by atoms with Gasteiger partial charge in [-0.1, -0.05) is 13.8 Å². The molecule has 0 radical (unpaired) electrons. The molecule has 1 saturated heterocycles. The van der Waals surface area contributed by atoms with Gasteiger partial charge in [0.2, 0.25) is 65.0 Å². The Morgan fingerprint density at radius 3 is 1.63 bits per heavy atom. The molecule has 0 spiro atoms. The number of carboxylic acids is 1. The first-order chi connectivity index (χ1) is 34.2. The van der Waals surface area contributed by atoms with Crippen molar-refractivity contribution in [3.05, 3.63) is 0 Å². The molecule has 0 aromatic carbocycles. The van der Waals surface area contributed by atoms with Crippen LogP contribution in [-0.4, -0.2) is 192 Å². The topological polar surface area (TPSA) is 538 Å². The molecule has 1 fully saturated rings. The number of carboxylic acid groups (broad SMARTS) is 1. The van der Waals surface area contributed by atoms with E-state index in [4.69, 9.17) is 34.4 Å². The van der Waals surface area contributed by atoms with Crippen LogP contribution in [0.1, 0.15) is 72.6 Å². The van der Waals surface area contributed by atoms with Gasteiger partial charge in [0, 0.05) is 19.6 Å². The predicted molar refractivity (Wildman–Crippen MR) is 258 cm³/mol. The fourth-order valence-electron chi connectivity index (χ4n) is 6.85. The lowest BCUT2D eigenvalue weighted by atomic mass is 10.0. The quantitative estimate of drug-likeness (QED) is 0.0169. The van der Waals surface area contributed by atoms with Crippen molar-refractivity contribution in [2.24, 2.45) is 50.3 Å². The number of aliphatic hydroxyl groups is 1. The number of nitrogens with one attached hydrogen (secondary N) is 9. The number of hydrogen-bond acceptors (Lipinski definition) is 16. The average Bonchev–Trinajstić information content (AvgIpc) is 3.81. The van der Waals surface area contributed by atoms with E-state index in [-0.39, 0.29) is 63.7 Å². The summed E-state index contributed by atoms with van der Waals surface area (Å²) in [7, 11) is 0. The van der Waals surface area contributed by atoms with Gasteiger partial charge in [0.25, 0.3) is 0 Å². The largest absolute Gasteiger partial charge is 0.480 e. The van der Waals surface area contributed by atoms with Gasteiger partial charge >= 0.3 is 5.97 Å². The molecular weight excluding hydrogens is 969 g/mol. The summed E-state index contributed by atoms with van der Waals surface area (Å²) in [5.74, 6) is -12.1. The first-order valence-corrected chi connectivity index (χ1v) is 23.1. The maximum absolute atomic E-state index is 13.7. The fraction of sp³-hybridized carbons (Fsp3) is 0.659. The van der Waals surface area contributed by atoms with Crippen LogP contribution in [0.5, 0.6) is 0 Å². The van der Waals surface area contributed by atoms with Gasteiger partial charge in [0.15, 0.2) is 11.9 Å². The van der Waals surface area contributed by atoms with E-state index in [1.165, 1.54) is 18.7 Å². The maximum Gasteiger partial charge on any atom is 0.326 e. The molecule has 410 valence electrons. The number of guanidine groups is 2. The lowest BCUT2D eigenvalue weighted by Gasteiger charge is -2.29. The minimum Gasteiger partial charge on any atom is -0.480 e. The van der Waals surface area contributed by atoms with Crippen molar-refractivity contribution >= 4 is 82.9 Å². The van der Waals surface area contributed by atoms with E-state index in [1.807, 2.05) is 0 Å². The number of hydrogen-bond donors (Lipinski definition) is 17. The van der Waals surface area contributed by atoms with Crippen LogP contribution in [-0.2, 0) is 57.5 Å². The Labute approximate surface area is 419 Å². The van der Waals surface area contributed by atoms with E-state index in [0.717, 1.165) is 0 Å². The maximum atomic E-state index is 13.7. The molecule has 0 bridgehead atoms. The fourth-order valence-corrected chi connectivity index (χ4v) is 6.85. The summed E-state index contributed by atoms with van der Waals surface area (Å²) in [5, 5.41) is 40.4. The van der Waals surface area contributed by atoms with E-state index >= 15 is 0 Å². The minimum absolute atomic E-state index is 0.00889. The summed E-state index contributed by atoms with van der Waals surface area (Å²) < 4.78 is 0. The van der Waals surface area contributed by atoms with Crippen molar-refractivity contribution < 1.29 is 67.7 Å². The summed E-state index contributed by atoms with van der Waals surface area (Å²) in [6, 6.07) is -9.55. The van der Waals surface area contributed by atoms with Crippen LogP contribution in [0.2, 0.25) is 0 Å². The molecule has 0 saturated carbocycles. The first kappa shape index (κ1) is 63.1. The summed E-state index contributed by atoms with van der Waals surface area (Å²) in [5.41, 5.74) is 32.0. The Morgan fingerprint density at radius 1 is 0.603 bits per heavy atom. The summed E-state index contributed by atoms with van der Waals surface area (Å²) in [4.78, 5) is 162. The minimum atomic E-state index is -1.71. The third-order valence-corrected chi connectivity index (χ3v) is 10.6. The monoisotopic (exact) mass is 1040 g/mol. The van der Waals surface area contributed by atoms with Crippen LogP contribution >= 0.6 is 0 Å². The Bertz CT molecular complexity index is 2050. The zero-order valence-corrected chi connectivity index (χ0v) is 41.2. The van der Waals surface area contributed by atoms with Crippen molar-refractivity contribution in [2.75, 3.05) is 45.8 Å². The number of nitrogens with zero attached hydrogens (tertiary/aromatic N) is 3. The lowest BCUT2D eigenvalue weighted by molar-refractivity contribution is -0.145. The standard InChI is InChI=1S/C41H72N18O14/c1-19(2)31(58-30(65)17-50-28(63)16-51-37(70)32(21(4)60)57-27(62)15-42)36(69)52-18-29(64)54-24(14-26(43)61)34(67)55-22(8-5-11-48-40(44)45)33(66)53-20(3)38(71)59-13-7-10-25(59)35(68)56-23(39(72)73)9-6-12-49-41(46)47/h19-25,31-32,60H,5-18,42H2,1-4H3,(H2,43,61)(H,50,63)(H,51,70)(H,52,69)(H,53,66)(H,54,64)(H,55,67)(H,56,68)(H,57,62)(H,58,65)(H,72,73)(H4,44,45,48)(H4,46,47,49)/t20-,21+,22-,23-,24-,25-,31-,32-/m0/s1. The molecule has 0 aliphatic carbocycles. The predicted octanol–water partition coefficient (Wildman–Crippen LogP) is -9.68. The molecule has 32 nitrogen and oxygen atoms in total. The van der Waals surface area contributed by atoms with Gasteiger partial charge < -0.3 is 97.4 Å². The number of carbonyl (C=O) groups excluding carboxylic acids is 11. The van der Waals surface area contributed by atoms with Crippen molar-refractivity contribution in [1.29, 1.82) is 0 Å². The van der Waals surface area contributed by atoms with Crippen LogP contribution in [0.15, 0.2) is 9.98 Å². The zero-order valence-electron chi connectivity index (χ0n) is 41.2. The average molecular weight is 1040 g/mol. The molecular formula is C41H72N18O14. The molecule has 1 rings (SSSR count). The van der Waals surface area contributed by atoms with Gasteiger partial charge in [0.05, 0.1) is 38.7 Å². The van der Waals surface area contributed by atoms with Gasteiger partial charge in [-0.05, 0) is 58.3 Å². The summed E-state index contributed by atoms with van der Waals surface area (Å²) in [6.45, 7) is 3.27. The van der Waals surface area contributed by atoms with Crippen molar-refractivity contribution in [3.63, 3.8) is 0 Å². The van der Waals surface area contributed by atoms with Gasteiger partial charge in [-0.2, -0.15) is 0 Å². The molecule has 23 N–H and O–H groups in total. The number of nitrogens with two attached hydrogens (primary N) is 6. The lowest BCUT2D eigenvalue weighted by Crippen LogP contribution is -2.59. The molecule has 8 atom stereocenters. The smallest absolute Gasteiger partial charge is 0.326 e. The molecule has 0 aromatic rings. The number of rotatable bonds is 32. The Kier molecular flexibility index (Phi) is 27.8. The third-order valence-electron chi connectivity index (χ3n) is 10.6. The second kappa shape index (κ2) is 32.1. The number of aliphatic carboxylic acids is 1. The Hall–Kier alpha value is -7.90. The number of aliphatic imine (C=N–C) groups is 2. The molecule has 32 heteroatoms. The highest BCUT2D eigenvalue weighted by molar-refractivity contribution is 5.98. The van der Waals surface area contributed by atoms with Gasteiger partial charge in [0.1, 0.15) is 42.3 Å². The molecule has 0 unspecified atom stereocenters. The van der Waals surface area contributed by atoms with Crippen molar-refractivity contribution in [2.45, 2.75) is 121 Å². The Balaban J connectivity index is 3.01. The summed E-state index contributed by atoms with van der Waals surface area (Å²) in [6.07, 6.45) is -1.42. The molecule has 1 heterocycles. The van der Waals surface area contributed by atoms with Crippen LogP contribution < -0.4 is 82.3 Å². The van der Waals surface area contributed by atoms with Gasteiger partial charge in [-0.15, -0.1) is 0 Å². The van der Waals surface area contributed by atoms with E-state index in [2.05, 4.69) is 57.8 Å². The van der Waals surface area contributed by atoms with E-state index in [9.17, 15) is 67.7 Å². The number of primary amides is 1. The molecule has 1 aliphatic heterocycles. The van der Waals surface area contributed by atoms with Gasteiger partial charge in [-0.25, -0.2) is 4.79 Å². The van der Waals surface area contributed by atoms with E-state index < -0.39 is 158 Å². The second-order valence-electron chi connectivity index (χ2n) is 17.1.